The number of pyridine rings is 1. The third-order valence-corrected chi connectivity index (χ3v) is 3.46. The monoisotopic (exact) mass is 345 g/mol. The van der Waals surface area contributed by atoms with E-state index in [1.54, 1.807) is 31.2 Å². The smallest absolute Gasteiger partial charge is 0.406 e. The van der Waals surface area contributed by atoms with Crippen LogP contribution in [0.3, 0.4) is 0 Å². The minimum Gasteiger partial charge on any atom is -0.473 e. The molecule has 1 amide bonds. The van der Waals surface area contributed by atoms with E-state index in [-0.39, 0.29) is 12.5 Å². The first-order chi connectivity index (χ1) is 11.9. The van der Waals surface area contributed by atoms with Gasteiger partial charge in [-0.2, -0.15) is 0 Å². The number of fused-ring (bicyclic) bond motifs is 1. The van der Waals surface area contributed by atoms with Gasteiger partial charge in [0, 0.05) is 18.7 Å². The van der Waals surface area contributed by atoms with Gasteiger partial charge in [0.25, 0.3) is 5.91 Å². The van der Waals surface area contributed by atoms with Crippen molar-refractivity contribution in [2.45, 2.75) is 20.0 Å². The molecule has 2 aromatic rings. The Bertz CT molecular complexity index is 839. The first kappa shape index (κ1) is 16.5. The number of anilines is 1. The van der Waals surface area contributed by atoms with Crippen molar-refractivity contribution in [1.29, 1.82) is 0 Å². The largest absolute Gasteiger partial charge is 0.473 e. The van der Waals surface area contributed by atoms with E-state index in [0.29, 0.717) is 22.9 Å². The molecule has 1 unspecified atom stereocenters. The van der Waals surface area contributed by atoms with Gasteiger partial charge in [0.2, 0.25) is 12.5 Å². The maximum Gasteiger partial charge on any atom is 0.406 e. The molecule has 1 aliphatic rings. The highest BCUT2D eigenvalue weighted by Gasteiger charge is 2.23. The van der Waals surface area contributed by atoms with E-state index in [0.717, 1.165) is 0 Å². The number of nitrogens with one attached hydrogen (secondary N) is 1. The van der Waals surface area contributed by atoms with Crippen molar-refractivity contribution >= 4 is 17.4 Å². The van der Waals surface area contributed by atoms with Crippen LogP contribution < -0.4 is 19.5 Å². The molecule has 9 nitrogen and oxygen atoms in total. The lowest BCUT2D eigenvalue weighted by Gasteiger charge is -2.14. The zero-order chi connectivity index (χ0) is 18.0. The maximum absolute atomic E-state index is 12.3. The normalized spacial score (nSPS) is 13.2. The Morgan fingerprint density at radius 1 is 1.32 bits per heavy atom. The molecular formula is C16H15N3O6. The predicted molar refractivity (Wildman–Crippen MR) is 86.9 cm³/mol. The van der Waals surface area contributed by atoms with Crippen LogP contribution in [0.4, 0.5) is 11.5 Å². The number of aryl methyl sites for hydroxylation is 1. The number of amides is 1. The molecule has 1 aromatic heterocycles. The lowest BCUT2D eigenvalue weighted by atomic mass is 10.2. The van der Waals surface area contributed by atoms with E-state index in [1.165, 1.54) is 13.0 Å². The highest BCUT2D eigenvalue weighted by molar-refractivity contribution is 5.94. The third kappa shape index (κ3) is 3.60. The van der Waals surface area contributed by atoms with Crippen LogP contribution in [0.5, 0.6) is 17.2 Å². The van der Waals surface area contributed by atoms with E-state index in [1.807, 2.05) is 0 Å². The lowest BCUT2D eigenvalue weighted by Crippen LogP contribution is -2.30. The summed E-state index contributed by atoms with van der Waals surface area (Å²) in [6.07, 6.45) is -0.964. The van der Waals surface area contributed by atoms with E-state index < -0.39 is 22.8 Å². The summed E-state index contributed by atoms with van der Waals surface area (Å²) in [6.45, 7) is 3.26. The molecule has 25 heavy (non-hydrogen) atoms. The number of ether oxygens (including phenoxy) is 3. The summed E-state index contributed by atoms with van der Waals surface area (Å²) >= 11 is 0. The van der Waals surface area contributed by atoms with Crippen LogP contribution in [0.15, 0.2) is 30.3 Å². The number of benzene rings is 1. The highest BCUT2D eigenvalue weighted by atomic mass is 16.7. The van der Waals surface area contributed by atoms with Crippen LogP contribution in [0.1, 0.15) is 12.6 Å². The number of nitro groups is 1. The number of carbonyl (C=O) groups is 1. The summed E-state index contributed by atoms with van der Waals surface area (Å²) < 4.78 is 15.9. The van der Waals surface area contributed by atoms with Crippen LogP contribution in [-0.4, -0.2) is 28.7 Å². The van der Waals surface area contributed by atoms with Crippen LogP contribution in [0.2, 0.25) is 0 Å². The second-order valence-electron chi connectivity index (χ2n) is 5.35. The Hall–Kier alpha value is -3.36. The van der Waals surface area contributed by atoms with Gasteiger partial charge in [-0.25, -0.2) is 0 Å². The fraction of sp³-hybridized carbons (Fsp3) is 0.250. The first-order valence-electron chi connectivity index (χ1n) is 7.43. The van der Waals surface area contributed by atoms with E-state index in [9.17, 15) is 14.9 Å². The number of aromatic nitrogens is 1. The number of hydrogen-bond acceptors (Lipinski definition) is 7. The fourth-order valence-corrected chi connectivity index (χ4v) is 2.22. The zero-order valence-electron chi connectivity index (χ0n) is 13.5. The van der Waals surface area contributed by atoms with E-state index >= 15 is 0 Å². The molecule has 130 valence electrons. The molecule has 9 heteroatoms. The van der Waals surface area contributed by atoms with Gasteiger partial charge in [0.05, 0.1) is 0 Å². The average molecular weight is 345 g/mol. The summed E-state index contributed by atoms with van der Waals surface area (Å²) in [4.78, 5) is 26.5. The Labute approximate surface area is 142 Å². The first-order valence-corrected chi connectivity index (χ1v) is 7.43. The number of nitrogens with zero attached hydrogens (tertiary/aromatic N) is 2. The molecule has 0 bridgehead atoms. The van der Waals surface area contributed by atoms with Crippen molar-refractivity contribution in [3.8, 4) is 17.2 Å². The Morgan fingerprint density at radius 3 is 2.84 bits per heavy atom. The van der Waals surface area contributed by atoms with Crippen molar-refractivity contribution in [2.24, 2.45) is 0 Å². The molecule has 1 aliphatic heterocycles. The molecule has 0 spiro atoms. The second kappa shape index (κ2) is 6.63. The fourth-order valence-electron chi connectivity index (χ4n) is 2.22. The van der Waals surface area contributed by atoms with Crippen LogP contribution in [0, 0.1) is 17.0 Å². The third-order valence-electron chi connectivity index (χ3n) is 3.46. The van der Waals surface area contributed by atoms with Crippen LogP contribution >= 0.6 is 0 Å². The zero-order valence-corrected chi connectivity index (χ0v) is 13.5. The van der Waals surface area contributed by atoms with Gasteiger partial charge < -0.3 is 29.6 Å². The maximum atomic E-state index is 12.3. The Kier molecular flexibility index (Phi) is 4.38. The van der Waals surface area contributed by atoms with Crippen molar-refractivity contribution in [3.63, 3.8) is 0 Å². The van der Waals surface area contributed by atoms with Gasteiger partial charge in [0.1, 0.15) is 5.69 Å². The molecule has 0 saturated carbocycles. The van der Waals surface area contributed by atoms with Crippen molar-refractivity contribution in [3.05, 3.63) is 46.1 Å². The van der Waals surface area contributed by atoms with Gasteiger partial charge in [-0.05, 0) is 41.1 Å². The molecule has 1 N–H and O–H groups in total. The van der Waals surface area contributed by atoms with Crippen molar-refractivity contribution in [2.75, 3.05) is 12.1 Å². The standard InChI is InChI=1S/C16H15N3O6/c1-9-3-5-13(15(17-9)19(21)22)25-10(2)16(20)18-11-4-6-12-14(7-11)24-8-23-12/h3-7,10H,8H2,1-2H3,(H,18,20). The Morgan fingerprint density at radius 2 is 2.08 bits per heavy atom. The molecule has 0 aliphatic carbocycles. The van der Waals surface area contributed by atoms with Gasteiger partial charge in [0.15, 0.2) is 17.6 Å². The van der Waals surface area contributed by atoms with E-state index in [2.05, 4.69) is 10.3 Å². The second-order valence-corrected chi connectivity index (χ2v) is 5.35. The Balaban J connectivity index is 1.70. The molecule has 3 rings (SSSR count). The molecule has 1 aromatic carbocycles. The van der Waals surface area contributed by atoms with Crippen molar-refractivity contribution < 1.29 is 23.9 Å². The van der Waals surface area contributed by atoms with Gasteiger partial charge in [-0.3, -0.25) is 4.79 Å². The molecule has 1 atom stereocenters. The number of carbonyl (C=O) groups excluding carboxylic acids is 1. The van der Waals surface area contributed by atoms with Crippen molar-refractivity contribution in [1.82, 2.24) is 4.98 Å². The van der Waals surface area contributed by atoms with Crippen LogP contribution in [0.25, 0.3) is 0 Å². The molecular weight excluding hydrogens is 330 g/mol. The minimum atomic E-state index is -0.964. The average Bonchev–Trinajstić information content (AvgIpc) is 3.03. The highest BCUT2D eigenvalue weighted by Crippen LogP contribution is 2.34. The SMILES string of the molecule is Cc1ccc(OC(C)C(=O)Nc2ccc3c(c2)OCO3)c([N+](=O)[O-])n1. The number of rotatable bonds is 5. The lowest BCUT2D eigenvalue weighted by molar-refractivity contribution is -0.390. The summed E-state index contributed by atoms with van der Waals surface area (Å²) in [6, 6.07) is 7.96. The minimum absolute atomic E-state index is 0.0658. The van der Waals surface area contributed by atoms with Gasteiger partial charge in [-0.1, -0.05) is 0 Å². The summed E-state index contributed by atoms with van der Waals surface area (Å²) in [5.74, 6) is 0.175. The number of hydrogen-bond donors (Lipinski definition) is 1. The summed E-state index contributed by atoms with van der Waals surface area (Å²) in [7, 11) is 0. The summed E-state index contributed by atoms with van der Waals surface area (Å²) in [5.41, 5.74) is 0.984. The summed E-state index contributed by atoms with van der Waals surface area (Å²) in [5, 5.41) is 13.7. The molecule has 0 fully saturated rings. The molecule has 2 heterocycles. The van der Waals surface area contributed by atoms with E-state index in [4.69, 9.17) is 14.2 Å². The predicted octanol–water partition coefficient (Wildman–Crippen LogP) is 2.43. The van der Waals surface area contributed by atoms with Crippen LogP contribution in [-0.2, 0) is 4.79 Å². The van der Waals surface area contributed by atoms with Gasteiger partial charge >= 0.3 is 5.82 Å². The quantitative estimate of drug-likeness (QED) is 0.654. The molecule has 0 radical (unpaired) electrons. The topological polar surface area (TPSA) is 113 Å². The molecule has 0 saturated heterocycles. The van der Waals surface area contributed by atoms with Gasteiger partial charge in [-0.15, -0.1) is 0 Å².